The molecule has 1 unspecified atom stereocenters. The van der Waals surface area contributed by atoms with E-state index in [0.29, 0.717) is 0 Å². The first kappa shape index (κ1) is 13.9. The van der Waals surface area contributed by atoms with Crippen LogP contribution >= 0.6 is 0 Å². The minimum atomic E-state index is -3.43. The van der Waals surface area contributed by atoms with Gasteiger partial charge in [0.1, 0.15) is 0 Å². The SMILES string of the molecule is COc1cccc(CS(=O)(=O)C(C)CN)c1F. The molecule has 6 heteroatoms. The highest BCUT2D eigenvalue weighted by Gasteiger charge is 2.22. The monoisotopic (exact) mass is 261 g/mol. The summed E-state index contributed by atoms with van der Waals surface area (Å²) in [5.74, 6) is -0.963. The van der Waals surface area contributed by atoms with Gasteiger partial charge < -0.3 is 10.5 Å². The lowest BCUT2D eigenvalue weighted by molar-refractivity contribution is 0.385. The Morgan fingerprint density at radius 2 is 2.12 bits per heavy atom. The van der Waals surface area contributed by atoms with Crippen molar-refractivity contribution >= 4 is 9.84 Å². The highest BCUT2D eigenvalue weighted by Crippen LogP contribution is 2.22. The van der Waals surface area contributed by atoms with Gasteiger partial charge in [-0.2, -0.15) is 0 Å². The molecule has 0 bridgehead atoms. The summed E-state index contributed by atoms with van der Waals surface area (Å²) in [5.41, 5.74) is 5.41. The molecule has 0 amide bonds. The molecule has 0 aliphatic carbocycles. The molecule has 0 saturated heterocycles. The van der Waals surface area contributed by atoms with Crippen LogP contribution < -0.4 is 10.5 Å². The predicted octanol–water partition coefficient (Wildman–Crippen LogP) is 1.10. The highest BCUT2D eigenvalue weighted by molar-refractivity contribution is 7.91. The molecule has 1 aromatic rings. The van der Waals surface area contributed by atoms with Gasteiger partial charge in [-0.15, -0.1) is 0 Å². The Kier molecular flexibility index (Phi) is 4.47. The summed E-state index contributed by atoms with van der Waals surface area (Å²) < 4.78 is 42.1. The van der Waals surface area contributed by atoms with Gasteiger partial charge in [-0.1, -0.05) is 12.1 Å². The summed E-state index contributed by atoms with van der Waals surface area (Å²) in [6.45, 7) is 1.53. The zero-order chi connectivity index (χ0) is 13.1. The average Bonchev–Trinajstić information content (AvgIpc) is 2.30. The van der Waals surface area contributed by atoms with Crippen molar-refractivity contribution in [2.24, 2.45) is 5.73 Å². The second-order valence-electron chi connectivity index (χ2n) is 3.79. The number of sulfone groups is 1. The molecule has 1 atom stereocenters. The molecule has 0 aromatic heterocycles. The summed E-state index contributed by atoms with van der Waals surface area (Å²) in [6.07, 6.45) is 0. The minimum absolute atomic E-state index is 0.0217. The molecule has 1 rings (SSSR count). The van der Waals surface area contributed by atoms with Crippen LogP contribution in [0.2, 0.25) is 0 Å². The van der Waals surface area contributed by atoms with Crippen LogP contribution in [0.25, 0.3) is 0 Å². The molecule has 0 radical (unpaired) electrons. The number of nitrogens with two attached hydrogens (primary N) is 1. The number of benzene rings is 1. The van der Waals surface area contributed by atoms with E-state index in [-0.39, 0.29) is 23.6 Å². The third-order valence-electron chi connectivity index (χ3n) is 2.56. The van der Waals surface area contributed by atoms with Gasteiger partial charge in [-0.05, 0) is 13.0 Å². The molecule has 17 heavy (non-hydrogen) atoms. The number of hydrogen-bond donors (Lipinski definition) is 1. The lowest BCUT2D eigenvalue weighted by Gasteiger charge is -2.12. The van der Waals surface area contributed by atoms with E-state index in [1.807, 2.05) is 0 Å². The molecule has 0 heterocycles. The van der Waals surface area contributed by atoms with Crippen molar-refractivity contribution in [3.8, 4) is 5.75 Å². The lowest BCUT2D eigenvalue weighted by atomic mass is 10.2. The molecular weight excluding hydrogens is 245 g/mol. The lowest BCUT2D eigenvalue weighted by Crippen LogP contribution is -2.28. The molecule has 2 N–H and O–H groups in total. The molecule has 96 valence electrons. The molecule has 1 aromatic carbocycles. The maximum Gasteiger partial charge on any atom is 0.169 e. The van der Waals surface area contributed by atoms with Crippen LogP contribution in [-0.2, 0) is 15.6 Å². The van der Waals surface area contributed by atoms with Crippen LogP contribution in [0.3, 0.4) is 0 Å². The number of methoxy groups -OCH3 is 1. The number of hydrogen-bond acceptors (Lipinski definition) is 4. The Morgan fingerprint density at radius 3 is 2.65 bits per heavy atom. The fraction of sp³-hybridized carbons (Fsp3) is 0.455. The van der Waals surface area contributed by atoms with Crippen molar-refractivity contribution in [2.45, 2.75) is 17.9 Å². The third-order valence-corrected chi connectivity index (χ3v) is 4.70. The number of halogens is 1. The van der Waals surface area contributed by atoms with Gasteiger partial charge in [0.05, 0.1) is 18.1 Å². The summed E-state index contributed by atoms with van der Waals surface area (Å²) >= 11 is 0. The first-order valence-corrected chi connectivity index (χ1v) is 6.87. The largest absolute Gasteiger partial charge is 0.494 e. The highest BCUT2D eigenvalue weighted by atomic mass is 32.2. The first-order chi connectivity index (χ1) is 7.92. The zero-order valence-electron chi connectivity index (χ0n) is 9.81. The van der Waals surface area contributed by atoms with Gasteiger partial charge in [0, 0.05) is 12.1 Å². The smallest absolute Gasteiger partial charge is 0.169 e. The second-order valence-corrected chi connectivity index (χ2v) is 6.21. The van der Waals surface area contributed by atoms with Crippen molar-refractivity contribution in [1.82, 2.24) is 0 Å². The maximum absolute atomic E-state index is 13.7. The van der Waals surface area contributed by atoms with Gasteiger partial charge in [-0.3, -0.25) is 0 Å². The van der Waals surface area contributed by atoms with E-state index in [2.05, 4.69) is 0 Å². The first-order valence-electron chi connectivity index (χ1n) is 5.15. The second kappa shape index (κ2) is 5.46. The third kappa shape index (κ3) is 3.17. The fourth-order valence-corrected chi connectivity index (χ4v) is 2.57. The maximum atomic E-state index is 13.7. The van der Waals surface area contributed by atoms with E-state index in [1.54, 1.807) is 6.07 Å². The normalized spacial score (nSPS) is 13.4. The van der Waals surface area contributed by atoms with Gasteiger partial charge >= 0.3 is 0 Å². The minimum Gasteiger partial charge on any atom is -0.494 e. The molecule has 0 fully saturated rings. The summed E-state index contributed by atoms with van der Waals surface area (Å²) in [7, 11) is -2.10. The van der Waals surface area contributed by atoms with E-state index in [4.69, 9.17) is 10.5 Å². The summed E-state index contributed by atoms with van der Waals surface area (Å²) in [6, 6.07) is 4.43. The van der Waals surface area contributed by atoms with Gasteiger partial charge in [0.2, 0.25) is 0 Å². The predicted molar refractivity (Wildman–Crippen MR) is 64.1 cm³/mol. The quantitative estimate of drug-likeness (QED) is 0.861. The average molecular weight is 261 g/mol. The zero-order valence-corrected chi connectivity index (χ0v) is 10.6. The standard InChI is InChI=1S/C11H16FNO3S/c1-8(6-13)17(14,15)7-9-4-3-5-10(16-2)11(9)12/h3-5,8H,6-7,13H2,1-2H3. The van der Waals surface area contributed by atoms with Crippen LogP contribution in [-0.4, -0.2) is 27.3 Å². The van der Waals surface area contributed by atoms with E-state index in [9.17, 15) is 12.8 Å². The Labute approximate surface area is 101 Å². The Balaban J connectivity index is 3.04. The van der Waals surface area contributed by atoms with Crippen LogP contribution in [0.4, 0.5) is 4.39 Å². The summed E-state index contributed by atoms with van der Waals surface area (Å²) in [4.78, 5) is 0. The van der Waals surface area contributed by atoms with Gasteiger partial charge in [0.15, 0.2) is 21.4 Å². The van der Waals surface area contributed by atoms with E-state index < -0.39 is 20.9 Å². The molecule has 0 aliphatic rings. The van der Waals surface area contributed by atoms with Crippen molar-refractivity contribution in [2.75, 3.05) is 13.7 Å². The summed E-state index contributed by atoms with van der Waals surface area (Å²) in [5, 5.41) is -0.687. The van der Waals surface area contributed by atoms with Crippen molar-refractivity contribution in [3.05, 3.63) is 29.6 Å². The number of ether oxygens (including phenoxy) is 1. The topological polar surface area (TPSA) is 69.4 Å². The van der Waals surface area contributed by atoms with Crippen molar-refractivity contribution < 1.29 is 17.5 Å². The van der Waals surface area contributed by atoms with Crippen LogP contribution in [0.1, 0.15) is 12.5 Å². The molecule has 0 spiro atoms. The van der Waals surface area contributed by atoms with Crippen LogP contribution in [0.5, 0.6) is 5.75 Å². The fourth-order valence-electron chi connectivity index (χ4n) is 1.33. The van der Waals surface area contributed by atoms with Crippen molar-refractivity contribution in [1.29, 1.82) is 0 Å². The van der Waals surface area contributed by atoms with E-state index >= 15 is 0 Å². The van der Waals surface area contributed by atoms with Crippen molar-refractivity contribution in [3.63, 3.8) is 0 Å². The molecule has 4 nitrogen and oxygen atoms in total. The number of rotatable bonds is 5. The van der Waals surface area contributed by atoms with Crippen LogP contribution in [0, 0.1) is 5.82 Å². The Bertz CT molecular complexity index is 487. The van der Waals surface area contributed by atoms with Gasteiger partial charge in [-0.25, -0.2) is 12.8 Å². The Hall–Kier alpha value is -1.14. The molecule has 0 aliphatic heterocycles. The van der Waals surface area contributed by atoms with Crippen LogP contribution in [0.15, 0.2) is 18.2 Å². The van der Waals surface area contributed by atoms with E-state index in [0.717, 1.165) is 0 Å². The van der Waals surface area contributed by atoms with Gasteiger partial charge in [0.25, 0.3) is 0 Å². The Morgan fingerprint density at radius 1 is 1.47 bits per heavy atom. The molecular formula is C11H16FNO3S. The molecule has 0 saturated carbocycles. The van der Waals surface area contributed by atoms with E-state index in [1.165, 1.54) is 26.2 Å².